The van der Waals surface area contributed by atoms with Gasteiger partial charge in [-0.2, -0.15) is 0 Å². The highest BCUT2D eigenvalue weighted by Crippen LogP contribution is 2.17. The molecule has 0 rings (SSSR count). The van der Waals surface area contributed by atoms with Crippen molar-refractivity contribution < 1.29 is 28.6 Å². The van der Waals surface area contributed by atoms with Gasteiger partial charge in [-0.25, -0.2) is 0 Å². The molecular weight excluding hydrogens is 624 g/mol. The topological polar surface area (TPSA) is 78.9 Å². The van der Waals surface area contributed by atoms with Crippen LogP contribution in [0.1, 0.15) is 234 Å². The zero-order valence-corrected chi connectivity index (χ0v) is 34.0. The van der Waals surface area contributed by atoms with Crippen molar-refractivity contribution in [2.24, 2.45) is 11.8 Å². The summed E-state index contributed by atoms with van der Waals surface area (Å²) in [6.07, 6.45) is 33.8. The number of carbonyl (C=O) groups is 3. The molecule has 0 radical (unpaired) electrons. The summed E-state index contributed by atoms with van der Waals surface area (Å²) in [6.45, 7) is 11.3. The second-order valence-corrected chi connectivity index (χ2v) is 15.7. The molecule has 0 N–H and O–H groups in total. The van der Waals surface area contributed by atoms with Crippen LogP contribution in [0.3, 0.4) is 0 Å². The van der Waals surface area contributed by atoms with Crippen molar-refractivity contribution in [3.05, 3.63) is 0 Å². The van der Waals surface area contributed by atoms with Crippen LogP contribution < -0.4 is 0 Å². The SMILES string of the molecule is CCCCCCCCCCCCCC(=O)O[C@H](COC(=O)CCCCCCCCCCC(C)CC)COC(=O)CCCCCCCCC(C)C. The highest BCUT2D eigenvalue weighted by atomic mass is 16.6. The van der Waals surface area contributed by atoms with Crippen LogP contribution >= 0.6 is 0 Å². The van der Waals surface area contributed by atoms with Gasteiger partial charge in [0.1, 0.15) is 13.2 Å². The first kappa shape index (κ1) is 48.4. The maximum absolute atomic E-state index is 12.7. The molecule has 1 unspecified atom stereocenters. The number of carbonyl (C=O) groups excluding carboxylic acids is 3. The number of esters is 3. The Hall–Kier alpha value is -1.59. The maximum Gasteiger partial charge on any atom is 0.306 e. The van der Waals surface area contributed by atoms with Crippen LogP contribution in [0.15, 0.2) is 0 Å². The normalized spacial score (nSPS) is 12.6. The van der Waals surface area contributed by atoms with E-state index in [4.69, 9.17) is 14.2 Å². The molecule has 0 aliphatic heterocycles. The average molecular weight is 709 g/mol. The molecule has 0 saturated carbocycles. The average Bonchev–Trinajstić information content (AvgIpc) is 3.09. The fourth-order valence-electron chi connectivity index (χ4n) is 6.37. The van der Waals surface area contributed by atoms with E-state index in [1.165, 1.54) is 122 Å². The molecule has 0 spiro atoms. The molecule has 0 amide bonds. The van der Waals surface area contributed by atoms with Gasteiger partial charge in [-0.1, -0.05) is 195 Å². The van der Waals surface area contributed by atoms with Gasteiger partial charge in [-0.15, -0.1) is 0 Å². The van der Waals surface area contributed by atoms with Crippen LogP contribution in [0.5, 0.6) is 0 Å². The van der Waals surface area contributed by atoms with Crippen LogP contribution in [0.25, 0.3) is 0 Å². The molecule has 0 aliphatic carbocycles. The lowest BCUT2D eigenvalue weighted by atomic mass is 9.99. The minimum absolute atomic E-state index is 0.0663. The van der Waals surface area contributed by atoms with Gasteiger partial charge in [0, 0.05) is 19.3 Å². The summed E-state index contributed by atoms with van der Waals surface area (Å²) in [5.74, 6) is 0.745. The van der Waals surface area contributed by atoms with Crippen molar-refractivity contribution in [3.63, 3.8) is 0 Å². The molecule has 0 fully saturated rings. The maximum atomic E-state index is 12.7. The van der Waals surface area contributed by atoms with Gasteiger partial charge in [-0.05, 0) is 31.1 Å². The first-order valence-electron chi connectivity index (χ1n) is 21.8. The Labute approximate surface area is 310 Å². The molecule has 6 nitrogen and oxygen atoms in total. The van der Waals surface area contributed by atoms with Gasteiger partial charge in [0.15, 0.2) is 6.10 Å². The van der Waals surface area contributed by atoms with Gasteiger partial charge in [0.25, 0.3) is 0 Å². The lowest BCUT2D eigenvalue weighted by Gasteiger charge is -2.18. The van der Waals surface area contributed by atoms with Gasteiger partial charge in [0.2, 0.25) is 0 Å². The van der Waals surface area contributed by atoms with Gasteiger partial charge < -0.3 is 14.2 Å². The summed E-state index contributed by atoms with van der Waals surface area (Å²) in [5, 5.41) is 0. The summed E-state index contributed by atoms with van der Waals surface area (Å²) in [4.78, 5) is 37.6. The Balaban J connectivity index is 4.35. The van der Waals surface area contributed by atoms with E-state index in [1.54, 1.807) is 0 Å². The van der Waals surface area contributed by atoms with Crippen LogP contribution in [-0.4, -0.2) is 37.2 Å². The molecule has 6 heteroatoms. The number of unbranched alkanes of at least 4 members (excludes halogenated alkanes) is 22. The van der Waals surface area contributed by atoms with E-state index in [9.17, 15) is 14.4 Å². The summed E-state index contributed by atoms with van der Waals surface area (Å²) in [5.41, 5.74) is 0. The van der Waals surface area contributed by atoms with E-state index >= 15 is 0 Å². The third-order valence-electron chi connectivity index (χ3n) is 10.1. The van der Waals surface area contributed by atoms with Gasteiger partial charge in [-0.3, -0.25) is 14.4 Å². The van der Waals surface area contributed by atoms with Crippen molar-refractivity contribution in [1.82, 2.24) is 0 Å². The second kappa shape index (κ2) is 37.2. The molecule has 0 aromatic rings. The Bertz CT molecular complexity index is 766. The third-order valence-corrected chi connectivity index (χ3v) is 10.1. The Morgan fingerprint density at radius 2 is 0.760 bits per heavy atom. The van der Waals surface area contributed by atoms with Crippen LogP contribution in [0.4, 0.5) is 0 Å². The predicted molar refractivity (Wildman–Crippen MR) is 210 cm³/mol. The Kier molecular flexibility index (Phi) is 36.0. The molecular formula is C44H84O6. The molecule has 2 atom stereocenters. The van der Waals surface area contributed by atoms with Crippen molar-refractivity contribution in [2.45, 2.75) is 240 Å². The molecule has 0 aliphatic rings. The van der Waals surface area contributed by atoms with Gasteiger partial charge in [0.05, 0.1) is 0 Å². The van der Waals surface area contributed by atoms with Crippen LogP contribution in [-0.2, 0) is 28.6 Å². The molecule has 0 bridgehead atoms. The van der Waals surface area contributed by atoms with E-state index in [1.807, 2.05) is 0 Å². The van der Waals surface area contributed by atoms with Crippen LogP contribution in [0.2, 0.25) is 0 Å². The smallest absolute Gasteiger partial charge is 0.306 e. The van der Waals surface area contributed by atoms with E-state index in [0.29, 0.717) is 19.3 Å². The van der Waals surface area contributed by atoms with E-state index in [2.05, 4.69) is 34.6 Å². The van der Waals surface area contributed by atoms with Crippen molar-refractivity contribution >= 4 is 17.9 Å². The van der Waals surface area contributed by atoms with Crippen molar-refractivity contribution in [3.8, 4) is 0 Å². The Morgan fingerprint density at radius 1 is 0.420 bits per heavy atom. The largest absolute Gasteiger partial charge is 0.462 e. The minimum Gasteiger partial charge on any atom is -0.462 e. The zero-order chi connectivity index (χ0) is 36.9. The first-order chi connectivity index (χ1) is 24.3. The van der Waals surface area contributed by atoms with Crippen molar-refractivity contribution in [1.29, 1.82) is 0 Å². The molecule has 0 heterocycles. The highest BCUT2D eigenvalue weighted by molar-refractivity contribution is 5.71. The number of hydrogen-bond donors (Lipinski definition) is 0. The summed E-state index contributed by atoms with van der Waals surface area (Å²) in [6, 6.07) is 0. The molecule has 0 aromatic heterocycles. The van der Waals surface area contributed by atoms with Gasteiger partial charge >= 0.3 is 17.9 Å². The summed E-state index contributed by atoms with van der Waals surface area (Å²) in [7, 11) is 0. The molecule has 50 heavy (non-hydrogen) atoms. The molecule has 0 saturated heterocycles. The first-order valence-corrected chi connectivity index (χ1v) is 21.8. The number of hydrogen-bond acceptors (Lipinski definition) is 6. The lowest BCUT2D eigenvalue weighted by Crippen LogP contribution is -2.30. The fourth-order valence-corrected chi connectivity index (χ4v) is 6.37. The highest BCUT2D eigenvalue weighted by Gasteiger charge is 2.19. The third kappa shape index (κ3) is 36.2. The molecule has 296 valence electrons. The number of rotatable bonds is 38. The minimum atomic E-state index is -0.760. The van der Waals surface area contributed by atoms with E-state index < -0.39 is 6.10 Å². The van der Waals surface area contributed by atoms with E-state index in [0.717, 1.165) is 69.6 Å². The van der Waals surface area contributed by atoms with Crippen molar-refractivity contribution in [2.75, 3.05) is 13.2 Å². The lowest BCUT2D eigenvalue weighted by molar-refractivity contribution is -0.167. The predicted octanol–water partition coefficient (Wildman–Crippen LogP) is 13.4. The Morgan fingerprint density at radius 3 is 1.14 bits per heavy atom. The zero-order valence-electron chi connectivity index (χ0n) is 34.0. The quantitative estimate of drug-likeness (QED) is 0.0361. The monoisotopic (exact) mass is 709 g/mol. The molecule has 0 aromatic carbocycles. The fraction of sp³-hybridized carbons (Fsp3) is 0.932. The summed E-state index contributed by atoms with van der Waals surface area (Å²) >= 11 is 0. The second-order valence-electron chi connectivity index (χ2n) is 15.7. The standard InChI is InChI=1S/C44H84O6/c1-6-8-9-10-11-12-13-14-19-26-31-36-44(47)50-41(38-49-43(46)35-30-25-21-20-22-27-32-39(3)4)37-48-42(45)34-29-24-18-16-15-17-23-28-33-40(5)7-2/h39-41H,6-38H2,1-5H3/t40?,41-/m1/s1. The van der Waals surface area contributed by atoms with Crippen LogP contribution in [0, 0.1) is 11.8 Å². The summed E-state index contributed by atoms with van der Waals surface area (Å²) < 4.78 is 16.7. The number of ether oxygens (including phenoxy) is 3. The van der Waals surface area contributed by atoms with E-state index in [-0.39, 0.29) is 31.1 Å².